The smallest absolute Gasteiger partial charge is 0.243 e. The zero-order valence-corrected chi connectivity index (χ0v) is 19.0. The average molecular weight is 456 g/mol. The lowest BCUT2D eigenvalue weighted by Gasteiger charge is -2.36. The molecule has 0 aromatic heterocycles. The highest BCUT2D eigenvalue weighted by molar-refractivity contribution is 7.89. The van der Waals surface area contributed by atoms with Gasteiger partial charge in [0.1, 0.15) is 0 Å². The molecule has 8 heteroatoms. The molecule has 1 fully saturated rings. The highest BCUT2D eigenvalue weighted by atomic mass is 32.2. The summed E-state index contributed by atoms with van der Waals surface area (Å²) >= 11 is 0. The molecule has 0 unspecified atom stereocenters. The number of nitrogens with one attached hydrogen (secondary N) is 2. The van der Waals surface area contributed by atoms with E-state index in [2.05, 4.69) is 10.6 Å². The molecule has 1 aliphatic carbocycles. The lowest BCUT2D eigenvalue weighted by Crippen LogP contribution is -2.43. The number of benzene rings is 2. The monoisotopic (exact) mass is 455 g/mol. The molecule has 0 saturated heterocycles. The first kappa shape index (κ1) is 22.5. The zero-order chi connectivity index (χ0) is 22.7. The Labute approximate surface area is 189 Å². The molecule has 1 atom stereocenters. The lowest BCUT2D eigenvalue weighted by molar-refractivity contribution is -0.122. The Balaban J connectivity index is 1.61. The second-order valence-electron chi connectivity index (χ2n) is 8.54. The normalized spacial score (nSPS) is 19.3. The van der Waals surface area contributed by atoms with Crippen molar-refractivity contribution >= 4 is 27.5 Å². The molecule has 1 heterocycles. The molecule has 2 N–H and O–H groups in total. The van der Waals surface area contributed by atoms with Crippen LogP contribution in [0.5, 0.6) is 0 Å². The molecule has 1 aliphatic heterocycles. The lowest BCUT2D eigenvalue weighted by atomic mass is 9.92. The van der Waals surface area contributed by atoms with E-state index in [4.69, 9.17) is 0 Å². The Morgan fingerprint density at radius 2 is 1.72 bits per heavy atom. The van der Waals surface area contributed by atoms with Gasteiger partial charge in [0.15, 0.2) is 0 Å². The molecule has 32 heavy (non-hydrogen) atoms. The van der Waals surface area contributed by atoms with Crippen LogP contribution in [0.15, 0.2) is 53.4 Å². The van der Waals surface area contributed by atoms with Gasteiger partial charge in [-0.2, -0.15) is 4.31 Å². The van der Waals surface area contributed by atoms with E-state index in [0.717, 1.165) is 36.8 Å². The van der Waals surface area contributed by atoms with Crippen molar-refractivity contribution in [1.29, 1.82) is 0 Å². The number of rotatable bonds is 6. The number of hydrogen-bond donors (Lipinski definition) is 2. The number of anilines is 1. The van der Waals surface area contributed by atoms with Crippen molar-refractivity contribution in [3.05, 3.63) is 59.7 Å². The van der Waals surface area contributed by atoms with Crippen molar-refractivity contribution in [3.8, 4) is 0 Å². The molecule has 0 bridgehead atoms. The summed E-state index contributed by atoms with van der Waals surface area (Å²) in [7, 11) is -3.83. The number of sulfonamides is 1. The van der Waals surface area contributed by atoms with Crippen molar-refractivity contribution in [2.45, 2.75) is 62.4 Å². The van der Waals surface area contributed by atoms with E-state index < -0.39 is 16.1 Å². The van der Waals surface area contributed by atoms with E-state index in [9.17, 15) is 18.0 Å². The van der Waals surface area contributed by atoms with Gasteiger partial charge in [0.25, 0.3) is 0 Å². The Bertz CT molecular complexity index is 1090. The number of nitrogens with zero attached hydrogens (tertiary/aromatic N) is 1. The van der Waals surface area contributed by atoms with Gasteiger partial charge in [0.05, 0.1) is 10.9 Å². The van der Waals surface area contributed by atoms with E-state index in [-0.39, 0.29) is 29.2 Å². The molecule has 2 amide bonds. The summed E-state index contributed by atoms with van der Waals surface area (Å²) < 4.78 is 28.6. The summed E-state index contributed by atoms with van der Waals surface area (Å²) in [6.07, 6.45) is 4.89. The van der Waals surface area contributed by atoms with E-state index in [0.29, 0.717) is 18.7 Å². The number of hydrogen-bond acceptors (Lipinski definition) is 4. The third kappa shape index (κ3) is 4.86. The standard InChI is InChI=1S/C24H29N3O4S/c1-17(28)25-20-10-12-21(13-11-20)32(30,31)27-15-14-18-6-2-5-9-22(18)23(27)16-24(29)26-19-7-3-4-8-19/h2,5-6,9-13,19,23H,3-4,7-8,14-16H2,1H3,(H,25,28)(H,26,29)/t23-/m1/s1. The van der Waals surface area contributed by atoms with Gasteiger partial charge in [-0.05, 0) is 54.7 Å². The van der Waals surface area contributed by atoms with Gasteiger partial charge < -0.3 is 10.6 Å². The van der Waals surface area contributed by atoms with Gasteiger partial charge in [0.2, 0.25) is 21.8 Å². The number of fused-ring (bicyclic) bond motifs is 1. The van der Waals surface area contributed by atoms with Crippen molar-refractivity contribution in [2.75, 3.05) is 11.9 Å². The first-order chi connectivity index (χ1) is 15.3. The molecular formula is C24H29N3O4S. The Kier molecular flexibility index (Phi) is 6.62. The molecule has 2 aromatic carbocycles. The summed E-state index contributed by atoms with van der Waals surface area (Å²) in [5.41, 5.74) is 2.50. The fraction of sp³-hybridized carbons (Fsp3) is 0.417. The van der Waals surface area contributed by atoms with Gasteiger partial charge in [0, 0.05) is 31.6 Å². The third-order valence-electron chi connectivity index (χ3n) is 6.24. The fourth-order valence-corrected chi connectivity index (χ4v) is 6.31. The second kappa shape index (κ2) is 9.42. The third-order valence-corrected chi connectivity index (χ3v) is 8.17. The van der Waals surface area contributed by atoms with Gasteiger partial charge in [-0.25, -0.2) is 8.42 Å². The minimum absolute atomic E-state index is 0.0940. The predicted octanol–water partition coefficient (Wildman–Crippen LogP) is 3.38. The first-order valence-electron chi connectivity index (χ1n) is 11.1. The number of carbonyl (C=O) groups excluding carboxylic acids is 2. The molecular weight excluding hydrogens is 426 g/mol. The minimum atomic E-state index is -3.83. The molecule has 1 saturated carbocycles. The highest BCUT2D eigenvalue weighted by Crippen LogP contribution is 2.36. The number of carbonyl (C=O) groups is 2. The maximum atomic E-state index is 13.6. The summed E-state index contributed by atoms with van der Waals surface area (Å²) in [6, 6.07) is 13.5. The molecule has 4 rings (SSSR count). The summed E-state index contributed by atoms with van der Waals surface area (Å²) in [6.45, 7) is 1.71. The van der Waals surface area contributed by atoms with Crippen LogP contribution in [0.25, 0.3) is 0 Å². The largest absolute Gasteiger partial charge is 0.353 e. The molecule has 7 nitrogen and oxygen atoms in total. The minimum Gasteiger partial charge on any atom is -0.353 e. The van der Waals surface area contributed by atoms with Crippen LogP contribution in [-0.4, -0.2) is 37.1 Å². The molecule has 0 spiro atoms. The summed E-state index contributed by atoms with van der Waals surface area (Å²) in [5.74, 6) is -0.332. The van der Waals surface area contributed by atoms with Crippen LogP contribution in [0.3, 0.4) is 0 Å². The van der Waals surface area contributed by atoms with Gasteiger partial charge in [-0.1, -0.05) is 37.1 Å². The van der Waals surface area contributed by atoms with Crippen LogP contribution in [0, 0.1) is 0 Å². The van der Waals surface area contributed by atoms with Crippen LogP contribution in [-0.2, 0) is 26.0 Å². The van der Waals surface area contributed by atoms with Crippen molar-refractivity contribution in [2.24, 2.45) is 0 Å². The zero-order valence-electron chi connectivity index (χ0n) is 18.2. The van der Waals surface area contributed by atoms with E-state index in [1.54, 1.807) is 12.1 Å². The molecule has 0 radical (unpaired) electrons. The van der Waals surface area contributed by atoms with Gasteiger partial charge in [-0.3, -0.25) is 9.59 Å². The van der Waals surface area contributed by atoms with Crippen LogP contribution in [0.2, 0.25) is 0 Å². The second-order valence-corrected chi connectivity index (χ2v) is 10.4. The van der Waals surface area contributed by atoms with Crippen molar-refractivity contribution < 1.29 is 18.0 Å². The predicted molar refractivity (Wildman–Crippen MR) is 123 cm³/mol. The van der Waals surface area contributed by atoms with Crippen LogP contribution >= 0.6 is 0 Å². The van der Waals surface area contributed by atoms with Crippen LogP contribution in [0.1, 0.15) is 56.2 Å². The number of amides is 2. The maximum Gasteiger partial charge on any atom is 0.243 e. The van der Waals surface area contributed by atoms with Crippen molar-refractivity contribution in [1.82, 2.24) is 9.62 Å². The molecule has 170 valence electrons. The van der Waals surface area contributed by atoms with Crippen LogP contribution < -0.4 is 10.6 Å². The van der Waals surface area contributed by atoms with Gasteiger partial charge >= 0.3 is 0 Å². The van der Waals surface area contributed by atoms with Gasteiger partial charge in [-0.15, -0.1) is 0 Å². The van der Waals surface area contributed by atoms with E-state index >= 15 is 0 Å². The van der Waals surface area contributed by atoms with E-state index in [1.807, 2.05) is 24.3 Å². The first-order valence-corrected chi connectivity index (χ1v) is 12.6. The Morgan fingerprint density at radius 3 is 2.41 bits per heavy atom. The summed E-state index contributed by atoms with van der Waals surface area (Å²) in [5, 5.41) is 5.74. The Morgan fingerprint density at radius 1 is 1.03 bits per heavy atom. The Hall–Kier alpha value is -2.71. The highest BCUT2D eigenvalue weighted by Gasteiger charge is 2.37. The molecule has 2 aliphatic rings. The fourth-order valence-electron chi connectivity index (χ4n) is 4.71. The summed E-state index contributed by atoms with van der Waals surface area (Å²) in [4.78, 5) is 24.3. The SMILES string of the molecule is CC(=O)Nc1ccc(S(=O)(=O)N2CCc3ccccc3[C@H]2CC(=O)NC2CCCC2)cc1. The molecule has 2 aromatic rings. The van der Waals surface area contributed by atoms with Crippen molar-refractivity contribution in [3.63, 3.8) is 0 Å². The quantitative estimate of drug-likeness (QED) is 0.698. The topological polar surface area (TPSA) is 95.6 Å². The average Bonchev–Trinajstić information content (AvgIpc) is 3.26. The maximum absolute atomic E-state index is 13.6. The van der Waals surface area contributed by atoms with Crippen LogP contribution in [0.4, 0.5) is 5.69 Å². The van der Waals surface area contributed by atoms with E-state index in [1.165, 1.54) is 23.4 Å².